The zero-order valence-electron chi connectivity index (χ0n) is 18.0. The van der Waals surface area contributed by atoms with Crippen LogP contribution < -0.4 is 20.3 Å². The van der Waals surface area contributed by atoms with Crippen molar-refractivity contribution in [1.29, 1.82) is 0 Å². The van der Waals surface area contributed by atoms with E-state index >= 15 is 0 Å². The number of imide groups is 2. The van der Waals surface area contributed by atoms with Gasteiger partial charge >= 0.3 is 6.03 Å². The molecule has 0 radical (unpaired) electrons. The second-order valence-corrected chi connectivity index (χ2v) is 8.14. The Bertz CT molecular complexity index is 1340. The van der Waals surface area contributed by atoms with Crippen LogP contribution in [0.15, 0.2) is 78.4 Å². The highest BCUT2D eigenvalue weighted by Gasteiger charge is 2.36. The number of barbiturate groups is 1. The molecule has 10 heteroatoms. The van der Waals surface area contributed by atoms with Gasteiger partial charge in [0.25, 0.3) is 17.7 Å². The molecule has 0 atom stereocenters. The number of hydrogen-bond acceptors (Lipinski definition) is 5. The van der Waals surface area contributed by atoms with Crippen LogP contribution in [0.4, 0.5) is 16.2 Å². The number of anilines is 2. The summed E-state index contributed by atoms with van der Waals surface area (Å²) in [4.78, 5) is 50.4. The molecule has 0 aromatic heterocycles. The molecule has 0 spiro atoms. The minimum atomic E-state index is -0.814. The number of para-hydroxylation sites is 1. The maximum atomic E-state index is 12.9. The Hall–Kier alpha value is -4.14. The molecule has 1 aliphatic rings. The molecule has 176 valence electrons. The molecule has 0 saturated carbocycles. The zero-order valence-corrected chi connectivity index (χ0v) is 19.5. The van der Waals surface area contributed by atoms with Crippen molar-refractivity contribution in [1.82, 2.24) is 5.32 Å². The van der Waals surface area contributed by atoms with Crippen molar-refractivity contribution in [3.8, 4) is 5.75 Å². The molecule has 3 aromatic rings. The molecule has 1 heterocycles. The van der Waals surface area contributed by atoms with Crippen LogP contribution in [0.2, 0.25) is 10.0 Å². The molecule has 35 heavy (non-hydrogen) atoms. The van der Waals surface area contributed by atoms with E-state index in [0.717, 1.165) is 4.90 Å². The first-order valence-corrected chi connectivity index (χ1v) is 11.0. The molecule has 1 fully saturated rings. The predicted octanol–water partition coefficient (Wildman–Crippen LogP) is 4.68. The van der Waals surface area contributed by atoms with E-state index in [1.165, 1.54) is 12.1 Å². The van der Waals surface area contributed by atoms with E-state index in [1.807, 2.05) is 0 Å². The highest BCUT2D eigenvalue weighted by molar-refractivity contribution is 6.42. The van der Waals surface area contributed by atoms with Gasteiger partial charge in [-0.15, -0.1) is 0 Å². The molecule has 4 rings (SSSR count). The third-order valence-electron chi connectivity index (χ3n) is 4.88. The summed E-state index contributed by atoms with van der Waals surface area (Å²) < 4.78 is 5.48. The molecule has 5 amide bonds. The second kappa shape index (κ2) is 10.4. The number of halogens is 2. The van der Waals surface area contributed by atoms with Crippen molar-refractivity contribution in [2.24, 2.45) is 0 Å². The first-order chi connectivity index (χ1) is 16.8. The number of carbonyl (C=O) groups is 4. The number of benzene rings is 3. The van der Waals surface area contributed by atoms with E-state index in [9.17, 15) is 19.2 Å². The lowest BCUT2D eigenvalue weighted by atomic mass is 10.1. The number of ether oxygens (including phenoxy) is 1. The van der Waals surface area contributed by atoms with Gasteiger partial charge in [-0.1, -0.05) is 53.5 Å². The van der Waals surface area contributed by atoms with Crippen molar-refractivity contribution in [2.45, 2.75) is 0 Å². The number of amides is 5. The Morgan fingerprint density at radius 3 is 2.34 bits per heavy atom. The summed E-state index contributed by atoms with van der Waals surface area (Å²) in [5, 5.41) is 5.51. The van der Waals surface area contributed by atoms with Gasteiger partial charge in [-0.05, 0) is 54.1 Å². The van der Waals surface area contributed by atoms with E-state index in [0.29, 0.717) is 32.7 Å². The lowest BCUT2D eigenvalue weighted by Gasteiger charge is -2.26. The van der Waals surface area contributed by atoms with Crippen LogP contribution in [0.3, 0.4) is 0 Å². The van der Waals surface area contributed by atoms with Gasteiger partial charge in [0.2, 0.25) is 0 Å². The third-order valence-corrected chi connectivity index (χ3v) is 5.62. The fourth-order valence-electron chi connectivity index (χ4n) is 3.22. The quantitative estimate of drug-likeness (QED) is 0.370. The number of rotatable bonds is 6. The van der Waals surface area contributed by atoms with E-state index in [4.69, 9.17) is 27.9 Å². The van der Waals surface area contributed by atoms with E-state index < -0.39 is 23.8 Å². The molecule has 1 saturated heterocycles. The van der Waals surface area contributed by atoms with Gasteiger partial charge in [0.05, 0.1) is 15.7 Å². The number of nitrogens with zero attached hydrogens (tertiary/aromatic N) is 1. The van der Waals surface area contributed by atoms with E-state index in [1.54, 1.807) is 66.7 Å². The van der Waals surface area contributed by atoms with Crippen molar-refractivity contribution < 1.29 is 23.9 Å². The smallest absolute Gasteiger partial charge is 0.335 e. The first-order valence-electron chi connectivity index (χ1n) is 10.3. The monoisotopic (exact) mass is 509 g/mol. The number of nitrogens with one attached hydrogen (secondary N) is 2. The van der Waals surface area contributed by atoms with Crippen LogP contribution in [0.1, 0.15) is 5.56 Å². The van der Waals surface area contributed by atoms with Crippen molar-refractivity contribution in [3.63, 3.8) is 0 Å². The summed E-state index contributed by atoms with van der Waals surface area (Å²) >= 11 is 11.8. The van der Waals surface area contributed by atoms with Crippen LogP contribution in [-0.4, -0.2) is 30.4 Å². The third kappa shape index (κ3) is 5.68. The maximum Gasteiger partial charge on any atom is 0.335 e. The van der Waals surface area contributed by atoms with Gasteiger partial charge < -0.3 is 10.1 Å². The van der Waals surface area contributed by atoms with Gasteiger partial charge in [0, 0.05) is 5.69 Å². The Morgan fingerprint density at radius 2 is 1.66 bits per heavy atom. The van der Waals surface area contributed by atoms with Crippen LogP contribution in [0, 0.1) is 0 Å². The Kier molecular flexibility index (Phi) is 7.14. The molecule has 0 bridgehead atoms. The van der Waals surface area contributed by atoms with Gasteiger partial charge in [-0.3, -0.25) is 19.7 Å². The second-order valence-electron chi connectivity index (χ2n) is 7.33. The molecular weight excluding hydrogens is 493 g/mol. The minimum Gasteiger partial charge on any atom is -0.484 e. The standard InChI is InChI=1S/C25H17Cl2N3O5/c26-20-11-8-16(13-21(20)27)28-22(31)14-35-18-9-6-15(7-10-18)12-19-23(32)29-25(34)30(24(19)33)17-4-2-1-3-5-17/h1-13H,14H2,(H,28,31)(H,29,32,34)/b19-12-. The average Bonchev–Trinajstić information content (AvgIpc) is 2.84. The van der Waals surface area contributed by atoms with Crippen LogP contribution in [-0.2, 0) is 14.4 Å². The highest BCUT2D eigenvalue weighted by Crippen LogP contribution is 2.25. The molecule has 2 N–H and O–H groups in total. The number of carbonyl (C=O) groups excluding carboxylic acids is 4. The Balaban J connectivity index is 1.41. The topological polar surface area (TPSA) is 105 Å². The summed E-state index contributed by atoms with van der Waals surface area (Å²) in [7, 11) is 0. The lowest BCUT2D eigenvalue weighted by molar-refractivity contribution is -0.122. The van der Waals surface area contributed by atoms with Crippen molar-refractivity contribution in [2.75, 3.05) is 16.8 Å². The summed E-state index contributed by atoms with van der Waals surface area (Å²) in [6.45, 7) is -0.254. The van der Waals surface area contributed by atoms with Gasteiger partial charge in [0.1, 0.15) is 11.3 Å². The van der Waals surface area contributed by atoms with Crippen molar-refractivity contribution in [3.05, 3.63) is 94.0 Å². The van der Waals surface area contributed by atoms with Crippen LogP contribution >= 0.6 is 23.2 Å². The fraction of sp³-hybridized carbons (Fsp3) is 0.0400. The van der Waals surface area contributed by atoms with Gasteiger partial charge in [-0.2, -0.15) is 0 Å². The average molecular weight is 510 g/mol. The zero-order chi connectivity index (χ0) is 24.9. The normalized spacial score (nSPS) is 14.6. The summed E-state index contributed by atoms with van der Waals surface area (Å²) in [6.07, 6.45) is 1.38. The first kappa shape index (κ1) is 24.0. The SMILES string of the molecule is O=C(COc1ccc(/C=C2/C(=O)NC(=O)N(c3ccccc3)C2=O)cc1)Nc1ccc(Cl)c(Cl)c1. The number of urea groups is 1. The molecule has 1 aliphatic heterocycles. The van der Waals surface area contributed by atoms with Gasteiger partial charge in [-0.25, -0.2) is 9.69 Å². The Labute approximate surface area is 210 Å². The molecule has 3 aromatic carbocycles. The lowest BCUT2D eigenvalue weighted by Crippen LogP contribution is -2.54. The maximum absolute atomic E-state index is 12.9. The molecular formula is C25H17Cl2N3O5. The molecule has 8 nitrogen and oxygen atoms in total. The van der Waals surface area contributed by atoms with E-state index in [-0.39, 0.29) is 12.2 Å². The summed E-state index contributed by atoms with van der Waals surface area (Å²) in [5.41, 5.74) is 1.16. The van der Waals surface area contributed by atoms with Crippen LogP contribution in [0.25, 0.3) is 6.08 Å². The summed E-state index contributed by atoms with van der Waals surface area (Å²) in [6, 6.07) is 18.6. The van der Waals surface area contributed by atoms with Gasteiger partial charge in [0.15, 0.2) is 6.61 Å². The largest absolute Gasteiger partial charge is 0.484 e. The highest BCUT2D eigenvalue weighted by atomic mass is 35.5. The van der Waals surface area contributed by atoms with Crippen molar-refractivity contribution >= 4 is 64.4 Å². The molecule has 0 aliphatic carbocycles. The Morgan fingerprint density at radius 1 is 0.943 bits per heavy atom. The van der Waals surface area contributed by atoms with Crippen LogP contribution in [0.5, 0.6) is 5.75 Å². The van der Waals surface area contributed by atoms with E-state index in [2.05, 4.69) is 10.6 Å². The fourth-order valence-corrected chi connectivity index (χ4v) is 3.51. The summed E-state index contributed by atoms with van der Waals surface area (Å²) in [5.74, 6) is -1.52. The minimum absolute atomic E-state index is 0.192. The number of hydrogen-bond donors (Lipinski definition) is 2. The predicted molar refractivity (Wildman–Crippen MR) is 132 cm³/mol. The molecule has 0 unspecified atom stereocenters.